The first-order valence-corrected chi connectivity index (χ1v) is 6.77. The number of fused-ring (bicyclic) bond motifs is 1. The molecule has 0 bridgehead atoms. The summed E-state index contributed by atoms with van der Waals surface area (Å²) in [5.74, 6) is 0.842. The molecule has 1 aromatic carbocycles. The molecule has 0 spiro atoms. The molecule has 1 N–H and O–H groups in total. The van der Waals surface area contributed by atoms with Crippen LogP contribution < -0.4 is 10.1 Å². The molecule has 2 heterocycles. The third-order valence-corrected chi connectivity index (χ3v) is 3.72. The van der Waals surface area contributed by atoms with Crippen LogP contribution in [0.3, 0.4) is 0 Å². The Hall–Kier alpha value is -0.770. The second-order valence-corrected chi connectivity index (χ2v) is 6.00. The van der Waals surface area contributed by atoms with Crippen LogP contribution in [0.4, 0.5) is 0 Å². The Morgan fingerprint density at radius 3 is 2.94 bits per heavy atom. The topological polar surface area (TPSA) is 30.5 Å². The summed E-state index contributed by atoms with van der Waals surface area (Å²) in [4.78, 5) is 0. The maximum atomic E-state index is 6.32. The molecular formula is C14H18ClNO2. The highest BCUT2D eigenvalue weighted by molar-refractivity contribution is 6.32. The van der Waals surface area contributed by atoms with Crippen molar-refractivity contribution in [1.29, 1.82) is 0 Å². The lowest BCUT2D eigenvalue weighted by molar-refractivity contribution is 0.0276. The van der Waals surface area contributed by atoms with Gasteiger partial charge in [0.2, 0.25) is 0 Å². The van der Waals surface area contributed by atoms with Gasteiger partial charge in [0.05, 0.1) is 17.7 Å². The summed E-state index contributed by atoms with van der Waals surface area (Å²) in [6.07, 6.45) is 1.00. The van der Waals surface area contributed by atoms with Gasteiger partial charge < -0.3 is 14.8 Å². The van der Waals surface area contributed by atoms with Gasteiger partial charge in [-0.2, -0.15) is 0 Å². The first kappa shape index (κ1) is 12.3. The van der Waals surface area contributed by atoms with E-state index in [4.69, 9.17) is 21.1 Å². The molecule has 0 saturated carbocycles. The molecule has 1 aromatic rings. The Bertz CT molecular complexity index is 467. The van der Waals surface area contributed by atoms with E-state index in [0.29, 0.717) is 5.02 Å². The van der Waals surface area contributed by atoms with Gasteiger partial charge in [-0.1, -0.05) is 11.6 Å². The SMILES string of the molecule is CC1(C)Cc2cc(C3CNCCO3)cc(Cl)c2O1. The predicted octanol–water partition coefficient (Wildman–Crippen LogP) is 2.71. The molecule has 0 aliphatic carbocycles. The van der Waals surface area contributed by atoms with Crippen LogP contribution in [-0.4, -0.2) is 25.3 Å². The van der Waals surface area contributed by atoms with Crippen molar-refractivity contribution >= 4 is 11.6 Å². The van der Waals surface area contributed by atoms with Crippen LogP contribution in [0.1, 0.15) is 31.1 Å². The zero-order valence-corrected chi connectivity index (χ0v) is 11.5. The molecule has 1 saturated heterocycles. The number of benzene rings is 1. The van der Waals surface area contributed by atoms with Crippen LogP contribution in [0.25, 0.3) is 0 Å². The summed E-state index contributed by atoms with van der Waals surface area (Å²) >= 11 is 6.32. The van der Waals surface area contributed by atoms with Crippen molar-refractivity contribution in [2.45, 2.75) is 32.0 Å². The Labute approximate surface area is 112 Å². The zero-order valence-electron chi connectivity index (χ0n) is 10.8. The Kier molecular flexibility index (Phi) is 3.00. The summed E-state index contributed by atoms with van der Waals surface area (Å²) in [5, 5.41) is 4.03. The number of halogens is 1. The zero-order chi connectivity index (χ0) is 12.8. The minimum absolute atomic E-state index is 0.102. The molecule has 0 radical (unpaired) electrons. The van der Waals surface area contributed by atoms with Gasteiger partial charge in [0.25, 0.3) is 0 Å². The molecule has 3 nitrogen and oxygen atoms in total. The summed E-state index contributed by atoms with van der Waals surface area (Å²) < 4.78 is 11.6. The number of rotatable bonds is 1. The highest BCUT2D eigenvalue weighted by Crippen LogP contribution is 2.42. The molecule has 2 aliphatic heterocycles. The van der Waals surface area contributed by atoms with Crippen molar-refractivity contribution in [1.82, 2.24) is 5.32 Å². The molecule has 0 aromatic heterocycles. The van der Waals surface area contributed by atoms with Crippen LogP contribution in [0.15, 0.2) is 12.1 Å². The van der Waals surface area contributed by atoms with Gasteiger partial charge in [-0.25, -0.2) is 0 Å². The number of hydrogen-bond acceptors (Lipinski definition) is 3. The average Bonchev–Trinajstić information content (AvgIpc) is 2.65. The molecule has 2 aliphatic rings. The largest absolute Gasteiger partial charge is 0.486 e. The van der Waals surface area contributed by atoms with Gasteiger partial charge in [0.15, 0.2) is 0 Å². The van der Waals surface area contributed by atoms with Crippen LogP contribution >= 0.6 is 11.6 Å². The van der Waals surface area contributed by atoms with E-state index in [1.165, 1.54) is 5.56 Å². The van der Waals surface area contributed by atoms with Crippen LogP contribution in [0, 0.1) is 0 Å². The second kappa shape index (κ2) is 4.41. The average molecular weight is 268 g/mol. The fourth-order valence-corrected chi connectivity index (χ4v) is 2.94. The second-order valence-electron chi connectivity index (χ2n) is 5.59. The summed E-state index contributed by atoms with van der Waals surface area (Å²) in [5.41, 5.74) is 2.18. The maximum absolute atomic E-state index is 6.32. The number of hydrogen-bond donors (Lipinski definition) is 1. The van der Waals surface area contributed by atoms with Crippen LogP contribution in [-0.2, 0) is 11.2 Å². The molecule has 3 rings (SSSR count). The van der Waals surface area contributed by atoms with Crippen molar-refractivity contribution in [3.05, 3.63) is 28.3 Å². The van der Waals surface area contributed by atoms with Crippen molar-refractivity contribution in [2.75, 3.05) is 19.7 Å². The van der Waals surface area contributed by atoms with E-state index in [-0.39, 0.29) is 11.7 Å². The van der Waals surface area contributed by atoms with Crippen molar-refractivity contribution in [3.8, 4) is 5.75 Å². The van der Waals surface area contributed by atoms with E-state index in [2.05, 4.69) is 25.2 Å². The summed E-state index contributed by atoms with van der Waals surface area (Å²) in [7, 11) is 0. The highest BCUT2D eigenvalue weighted by atomic mass is 35.5. The normalized spacial score (nSPS) is 25.6. The van der Waals surface area contributed by atoms with E-state index in [0.717, 1.165) is 37.4 Å². The lowest BCUT2D eigenvalue weighted by Crippen LogP contribution is -2.33. The minimum Gasteiger partial charge on any atom is -0.486 e. The van der Waals surface area contributed by atoms with Crippen LogP contribution in [0.2, 0.25) is 5.02 Å². The first-order chi connectivity index (χ1) is 8.55. The van der Waals surface area contributed by atoms with Gasteiger partial charge in [0, 0.05) is 25.1 Å². The van der Waals surface area contributed by atoms with Gasteiger partial charge in [0.1, 0.15) is 11.4 Å². The molecule has 1 atom stereocenters. The Morgan fingerprint density at radius 1 is 1.39 bits per heavy atom. The lowest BCUT2D eigenvalue weighted by atomic mass is 9.98. The quantitative estimate of drug-likeness (QED) is 0.849. The third-order valence-electron chi connectivity index (χ3n) is 3.44. The van der Waals surface area contributed by atoms with Crippen molar-refractivity contribution in [2.24, 2.45) is 0 Å². The molecule has 0 amide bonds. The van der Waals surface area contributed by atoms with Gasteiger partial charge in [-0.05, 0) is 31.5 Å². The number of morpholine rings is 1. The van der Waals surface area contributed by atoms with Gasteiger partial charge in [-0.15, -0.1) is 0 Å². The lowest BCUT2D eigenvalue weighted by Gasteiger charge is -2.24. The molecule has 1 unspecified atom stereocenters. The molecule has 1 fully saturated rings. The van der Waals surface area contributed by atoms with Crippen molar-refractivity contribution in [3.63, 3.8) is 0 Å². The minimum atomic E-state index is -0.156. The van der Waals surface area contributed by atoms with E-state index in [1.54, 1.807) is 0 Å². The maximum Gasteiger partial charge on any atom is 0.142 e. The summed E-state index contributed by atoms with van der Waals surface area (Å²) in [6.45, 7) is 6.69. The fourth-order valence-electron chi connectivity index (χ4n) is 2.66. The monoisotopic (exact) mass is 267 g/mol. The molecule has 18 heavy (non-hydrogen) atoms. The third kappa shape index (κ3) is 2.22. The highest BCUT2D eigenvalue weighted by Gasteiger charge is 2.32. The van der Waals surface area contributed by atoms with E-state index >= 15 is 0 Å². The molecular weight excluding hydrogens is 250 g/mol. The van der Waals surface area contributed by atoms with E-state index < -0.39 is 0 Å². The molecule has 4 heteroatoms. The fraction of sp³-hybridized carbons (Fsp3) is 0.571. The van der Waals surface area contributed by atoms with Crippen molar-refractivity contribution < 1.29 is 9.47 Å². The van der Waals surface area contributed by atoms with Gasteiger partial charge in [-0.3, -0.25) is 0 Å². The summed E-state index contributed by atoms with van der Waals surface area (Å²) in [6, 6.07) is 4.15. The van der Waals surface area contributed by atoms with Crippen LogP contribution in [0.5, 0.6) is 5.75 Å². The Balaban J connectivity index is 1.93. The van der Waals surface area contributed by atoms with Gasteiger partial charge >= 0.3 is 0 Å². The standard InChI is InChI=1S/C14H18ClNO2/c1-14(2)7-10-5-9(6-11(15)13(10)18-14)12-8-16-3-4-17-12/h5-6,12,16H,3-4,7-8H2,1-2H3. The smallest absolute Gasteiger partial charge is 0.142 e. The first-order valence-electron chi connectivity index (χ1n) is 6.39. The predicted molar refractivity (Wildman–Crippen MR) is 71.4 cm³/mol. The van der Waals surface area contributed by atoms with E-state index in [1.807, 2.05) is 6.07 Å². The number of ether oxygens (including phenoxy) is 2. The Morgan fingerprint density at radius 2 is 2.22 bits per heavy atom. The molecule has 98 valence electrons. The number of nitrogens with one attached hydrogen (secondary N) is 1. The van der Waals surface area contributed by atoms with E-state index in [9.17, 15) is 0 Å².